The van der Waals surface area contributed by atoms with E-state index in [-0.39, 0.29) is 0 Å². The van der Waals surface area contributed by atoms with Gasteiger partial charge in [-0.3, -0.25) is 9.97 Å². The summed E-state index contributed by atoms with van der Waals surface area (Å²) in [7, 11) is 1.73. The number of hydrogen-bond donors (Lipinski definition) is 0. The van der Waals surface area contributed by atoms with Crippen LogP contribution < -0.4 is 9.64 Å². The molecule has 1 aliphatic heterocycles. The van der Waals surface area contributed by atoms with Crippen LogP contribution in [0, 0.1) is 17.8 Å². The molecular weight excluding hydrogens is 511 g/mol. The van der Waals surface area contributed by atoms with Gasteiger partial charge < -0.3 is 9.64 Å². The van der Waals surface area contributed by atoms with Crippen molar-refractivity contribution in [3.05, 3.63) is 72.1 Å². The predicted octanol–water partition coefficient (Wildman–Crippen LogP) is 8.47. The molecule has 1 aliphatic carbocycles. The van der Waals surface area contributed by atoms with Crippen LogP contribution in [0.5, 0.6) is 5.75 Å². The summed E-state index contributed by atoms with van der Waals surface area (Å²) in [6, 6.07) is 15.1. The molecule has 1 saturated carbocycles. The van der Waals surface area contributed by atoms with E-state index < -0.39 is 11.7 Å². The molecule has 3 heterocycles. The van der Waals surface area contributed by atoms with Crippen LogP contribution >= 0.6 is 0 Å². The molecule has 0 amide bonds. The molecule has 2 aliphatic rings. The standard InChI is InChI=1S/C33H36F3N3O/c1-40-29-19-26-5-3-13-37-31(26)27(20-29)17-23-9-7-22(8-10-23)16-24-11-14-39(15-12-24)30-6-2-4-25-18-28(33(34,35)36)21-38-32(25)30/h2-6,13,18-24H,7-12,14-17H2,1H3. The Morgan fingerprint density at radius 2 is 1.52 bits per heavy atom. The average Bonchev–Trinajstić information content (AvgIpc) is 2.97. The van der Waals surface area contributed by atoms with Gasteiger partial charge in [0.15, 0.2) is 0 Å². The number of ether oxygens (including phenoxy) is 1. The van der Waals surface area contributed by atoms with Crippen LogP contribution in [-0.2, 0) is 12.6 Å². The van der Waals surface area contributed by atoms with Crippen LogP contribution in [-0.4, -0.2) is 30.2 Å². The number of nitrogens with zero attached hydrogens (tertiary/aromatic N) is 3. The van der Waals surface area contributed by atoms with Crippen LogP contribution in [0.2, 0.25) is 0 Å². The van der Waals surface area contributed by atoms with Gasteiger partial charge >= 0.3 is 6.18 Å². The van der Waals surface area contributed by atoms with E-state index in [0.29, 0.717) is 22.7 Å². The summed E-state index contributed by atoms with van der Waals surface area (Å²) in [5.41, 5.74) is 3.30. The van der Waals surface area contributed by atoms with Crippen LogP contribution in [0.1, 0.15) is 56.1 Å². The number of hydrogen-bond acceptors (Lipinski definition) is 4. The summed E-state index contributed by atoms with van der Waals surface area (Å²) in [6.45, 7) is 1.86. The highest BCUT2D eigenvalue weighted by Gasteiger charge is 2.32. The van der Waals surface area contributed by atoms with Crippen LogP contribution in [0.3, 0.4) is 0 Å². The molecule has 7 heteroatoms. The monoisotopic (exact) mass is 547 g/mol. The number of anilines is 1. The Balaban J connectivity index is 1.02. The Kier molecular flexibility index (Phi) is 7.56. The molecule has 2 fully saturated rings. The number of methoxy groups -OCH3 is 1. The number of alkyl halides is 3. The number of fused-ring (bicyclic) bond motifs is 2. The van der Waals surface area contributed by atoms with E-state index in [9.17, 15) is 13.2 Å². The lowest BCUT2D eigenvalue weighted by Crippen LogP contribution is -2.34. The van der Waals surface area contributed by atoms with E-state index in [4.69, 9.17) is 4.74 Å². The van der Waals surface area contributed by atoms with Crippen molar-refractivity contribution in [2.24, 2.45) is 17.8 Å². The summed E-state index contributed by atoms with van der Waals surface area (Å²) in [5, 5.41) is 1.69. The summed E-state index contributed by atoms with van der Waals surface area (Å²) < 4.78 is 45.0. The second-order valence-corrected chi connectivity index (χ2v) is 11.7. The molecule has 2 aromatic heterocycles. The topological polar surface area (TPSA) is 38.2 Å². The Morgan fingerprint density at radius 1 is 0.825 bits per heavy atom. The normalized spacial score (nSPS) is 20.8. The zero-order chi connectivity index (χ0) is 27.7. The molecule has 40 heavy (non-hydrogen) atoms. The summed E-state index contributed by atoms with van der Waals surface area (Å²) in [6.07, 6.45) is 8.14. The number of piperidine rings is 1. The molecule has 6 rings (SSSR count). The Morgan fingerprint density at radius 3 is 2.27 bits per heavy atom. The minimum atomic E-state index is -4.38. The molecule has 0 N–H and O–H groups in total. The Labute approximate surface area is 233 Å². The fraction of sp³-hybridized carbons (Fsp3) is 0.455. The summed E-state index contributed by atoms with van der Waals surface area (Å²) >= 11 is 0. The van der Waals surface area contributed by atoms with Crippen molar-refractivity contribution in [2.75, 3.05) is 25.1 Å². The molecule has 4 aromatic rings. The maximum absolute atomic E-state index is 13.2. The number of halogens is 3. The largest absolute Gasteiger partial charge is 0.497 e. The number of aromatic nitrogens is 2. The molecule has 2 aromatic carbocycles. The highest BCUT2D eigenvalue weighted by molar-refractivity contribution is 5.91. The zero-order valence-corrected chi connectivity index (χ0v) is 23.0. The summed E-state index contributed by atoms with van der Waals surface area (Å²) in [4.78, 5) is 11.2. The van der Waals surface area contributed by atoms with Crippen molar-refractivity contribution in [2.45, 2.75) is 57.5 Å². The van der Waals surface area contributed by atoms with Gasteiger partial charge in [0.2, 0.25) is 0 Å². The lowest BCUT2D eigenvalue weighted by atomic mass is 9.74. The smallest absolute Gasteiger partial charge is 0.417 e. The van der Waals surface area contributed by atoms with E-state index in [0.717, 1.165) is 66.8 Å². The second kappa shape index (κ2) is 11.3. The van der Waals surface area contributed by atoms with Crippen molar-refractivity contribution in [3.63, 3.8) is 0 Å². The molecule has 0 spiro atoms. The van der Waals surface area contributed by atoms with E-state index in [1.165, 1.54) is 43.7 Å². The average molecular weight is 548 g/mol. The predicted molar refractivity (Wildman–Crippen MR) is 154 cm³/mol. The molecule has 0 bridgehead atoms. The van der Waals surface area contributed by atoms with Crippen LogP contribution in [0.4, 0.5) is 18.9 Å². The first-order valence-corrected chi connectivity index (χ1v) is 14.5. The number of pyridine rings is 2. The highest BCUT2D eigenvalue weighted by atomic mass is 19.4. The van der Waals surface area contributed by atoms with Crippen molar-refractivity contribution < 1.29 is 17.9 Å². The highest BCUT2D eigenvalue weighted by Crippen LogP contribution is 2.39. The van der Waals surface area contributed by atoms with Crippen LogP contribution in [0.25, 0.3) is 21.8 Å². The van der Waals surface area contributed by atoms with Gasteiger partial charge in [-0.1, -0.05) is 31.0 Å². The lowest BCUT2D eigenvalue weighted by molar-refractivity contribution is -0.137. The minimum Gasteiger partial charge on any atom is -0.497 e. The van der Waals surface area contributed by atoms with E-state index in [2.05, 4.69) is 33.1 Å². The van der Waals surface area contributed by atoms with Gasteiger partial charge in [0.1, 0.15) is 5.75 Å². The van der Waals surface area contributed by atoms with Gasteiger partial charge in [0.05, 0.1) is 29.4 Å². The third-order valence-corrected chi connectivity index (χ3v) is 9.11. The molecule has 1 saturated heterocycles. The third kappa shape index (κ3) is 5.74. The Hall–Kier alpha value is -3.35. The Bertz CT molecular complexity index is 1470. The zero-order valence-electron chi connectivity index (χ0n) is 23.0. The molecule has 210 valence electrons. The fourth-order valence-corrected chi connectivity index (χ4v) is 6.93. The van der Waals surface area contributed by atoms with Gasteiger partial charge in [-0.2, -0.15) is 13.2 Å². The van der Waals surface area contributed by atoms with Crippen LogP contribution in [0.15, 0.2) is 60.9 Å². The second-order valence-electron chi connectivity index (χ2n) is 11.7. The van der Waals surface area contributed by atoms with Crippen molar-refractivity contribution >= 4 is 27.5 Å². The third-order valence-electron chi connectivity index (χ3n) is 9.11. The molecular formula is C33H36F3N3O. The number of para-hydroxylation sites is 1. The molecule has 0 atom stereocenters. The number of benzene rings is 2. The van der Waals surface area contributed by atoms with Gasteiger partial charge in [-0.05, 0) is 92.2 Å². The maximum Gasteiger partial charge on any atom is 0.417 e. The molecule has 4 nitrogen and oxygen atoms in total. The molecule has 0 radical (unpaired) electrons. The van der Waals surface area contributed by atoms with Gasteiger partial charge in [-0.25, -0.2) is 0 Å². The fourth-order valence-electron chi connectivity index (χ4n) is 6.93. The first-order valence-electron chi connectivity index (χ1n) is 14.5. The van der Waals surface area contributed by atoms with Crippen molar-refractivity contribution in [1.29, 1.82) is 0 Å². The summed E-state index contributed by atoms with van der Waals surface area (Å²) in [5.74, 6) is 3.09. The van der Waals surface area contributed by atoms with Gasteiger partial charge in [0, 0.05) is 36.3 Å². The van der Waals surface area contributed by atoms with Gasteiger partial charge in [0.25, 0.3) is 0 Å². The molecule has 0 unspecified atom stereocenters. The van der Waals surface area contributed by atoms with Crippen molar-refractivity contribution in [3.8, 4) is 5.75 Å². The first kappa shape index (κ1) is 26.9. The SMILES string of the molecule is COc1cc(CC2CCC(CC3CCN(c4cccc5cc(C(F)(F)F)cnc45)CC3)CC2)c2ncccc2c1. The van der Waals surface area contributed by atoms with Gasteiger partial charge in [-0.15, -0.1) is 0 Å². The number of rotatable bonds is 6. The quantitative estimate of drug-likeness (QED) is 0.243. The minimum absolute atomic E-state index is 0.545. The van der Waals surface area contributed by atoms with E-state index in [1.807, 2.05) is 24.4 Å². The van der Waals surface area contributed by atoms with E-state index >= 15 is 0 Å². The van der Waals surface area contributed by atoms with E-state index in [1.54, 1.807) is 13.2 Å². The van der Waals surface area contributed by atoms with Crippen molar-refractivity contribution in [1.82, 2.24) is 9.97 Å². The lowest BCUT2D eigenvalue weighted by Gasteiger charge is -2.37. The maximum atomic E-state index is 13.2. The first-order chi connectivity index (χ1) is 19.4.